The van der Waals surface area contributed by atoms with Crippen molar-refractivity contribution in [3.63, 3.8) is 0 Å². The van der Waals surface area contributed by atoms with Crippen LogP contribution in [-0.2, 0) is 14.8 Å². The largest absolute Gasteiger partial charge is 0.492 e. The van der Waals surface area contributed by atoms with Gasteiger partial charge in [0.05, 0.1) is 12.2 Å². The van der Waals surface area contributed by atoms with Gasteiger partial charge in [-0.2, -0.15) is 4.31 Å². The Morgan fingerprint density at radius 1 is 1.42 bits per heavy atom. The maximum atomic E-state index is 12.9. The zero-order valence-corrected chi connectivity index (χ0v) is 15.6. The average Bonchev–Trinajstić information content (AvgIpc) is 3.23. The summed E-state index contributed by atoms with van der Waals surface area (Å²) in [6.07, 6.45) is 2.66. The van der Waals surface area contributed by atoms with Crippen molar-refractivity contribution in [2.45, 2.75) is 30.0 Å². The van der Waals surface area contributed by atoms with Crippen LogP contribution in [0.15, 0.2) is 34.7 Å². The van der Waals surface area contributed by atoms with Gasteiger partial charge in [0, 0.05) is 13.5 Å². The molecule has 1 aliphatic heterocycles. The van der Waals surface area contributed by atoms with Crippen molar-refractivity contribution in [3.05, 3.63) is 36.3 Å². The van der Waals surface area contributed by atoms with E-state index in [1.54, 1.807) is 0 Å². The van der Waals surface area contributed by atoms with Crippen LogP contribution in [0.1, 0.15) is 19.8 Å². The minimum atomic E-state index is -3.72. The van der Waals surface area contributed by atoms with E-state index in [-0.39, 0.29) is 33.7 Å². The van der Waals surface area contributed by atoms with Gasteiger partial charge in [0.25, 0.3) is 10.0 Å². The predicted molar refractivity (Wildman–Crippen MR) is 95.2 cm³/mol. The summed E-state index contributed by atoms with van der Waals surface area (Å²) in [5.74, 6) is -0.181. The minimum Gasteiger partial charge on any atom is -0.492 e. The van der Waals surface area contributed by atoms with Gasteiger partial charge in [-0.05, 0) is 37.1 Å². The van der Waals surface area contributed by atoms with Crippen LogP contribution in [0.5, 0.6) is 5.75 Å². The van der Waals surface area contributed by atoms with Crippen LogP contribution in [0.4, 0.5) is 9.52 Å². The molecule has 0 radical (unpaired) electrons. The van der Waals surface area contributed by atoms with Crippen molar-refractivity contribution in [2.24, 2.45) is 0 Å². The number of carbonyl (C=O) groups excluding carboxylic acids is 1. The Hall–Kier alpha value is -2.04. The van der Waals surface area contributed by atoms with Gasteiger partial charge < -0.3 is 10.1 Å². The zero-order valence-electron chi connectivity index (χ0n) is 14.0. The fourth-order valence-corrected chi connectivity index (χ4v) is 5.60. The van der Waals surface area contributed by atoms with Crippen molar-refractivity contribution in [1.82, 2.24) is 9.29 Å². The number of thiazole rings is 1. The Bertz CT molecular complexity index is 883. The fourth-order valence-electron chi connectivity index (χ4n) is 2.72. The molecule has 2 aromatic rings. The van der Waals surface area contributed by atoms with E-state index in [0.29, 0.717) is 18.7 Å². The number of ether oxygens (including phenoxy) is 1. The molecule has 1 saturated heterocycles. The number of halogens is 1. The van der Waals surface area contributed by atoms with Crippen molar-refractivity contribution >= 4 is 32.4 Å². The Morgan fingerprint density at radius 2 is 2.15 bits per heavy atom. The molecule has 26 heavy (non-hydrogen) atoms. The summed E-state index contributed by atoms with van der Waals surface area (Å²) in [5.41, 5.74) is 0. The number of rotatable bonds is 6. The van der Waals surface area contributed by atoms with Crippen LogP contribution >= 0.6 is 11.3 Å². The van der Waals surface area contributed by atoms with Gasteiger partial charge in [-0.25, -0.2) is 17.8 Å². The molecular weight excluding hydrogens is 381 g/mol. The monoisotopic (exact) mass is 399 g/mol. The number of aromatic nitrogens is 1. The Labute approximate surface area is 154 Å². The van der Waals surface area contributed by atoms with E-state index >= 15 is 0 Å². The van der Waals surface area contributed by atoms with Crippen molar-refractivity contribution in [2.75, 3.05) is 18.5 Å². The highest BCUT2D eigenvalue weighted by molar-refractivity contribution is 7.91. The molecule has 1 aromatic heterocycles. The Morgan fingerprint density at radius 3 is 2.85 bits per heavy atom. The number of nitrogens with one attached hydrogen (secondary N) is 1. The van der Waals surface area contributed by atoms with Crippen LogP contribution in [-0.4, -0.2) is 42.8 Å². The molecule has 1 N–H and O–H groups in total. The van der Waals surface area contributed by atoms with Gasteiger partial charge in [0.2, 0.25) is 5.91 Å². The summed E-state index contributed by atoms with van der Waals surface area (Å²) in [6.45, 7) is 1.91. The van der Waals surface area contributed by atoms with Gasteiger partial charge >= 0.3 is 0 Å². The van der Waals surface area contributed by atoms with Crippen LogP contribution < -0.4 is 10.1 Å². The number of hydrogen-bond acceptors (Lipinski definition) is 6. The van der Waals surface area contributed by atoms with Crippen molar-refractivity contribution < 1.29 is 22.3 Å². The molecule has 0 spiro atoms. The number of carbonyl (C=O) groups is 1. The Balaban J connectivity index is 1.70. The normalized spacial score (nSPS) is 18.0. The second-order valence-corrected chi connectivity index (χ2v) is 8.99. The van der Waals surface area contributed by atoms with Crippen LogP contribution in [0.2, 0.25) is 0 Å². The van der Waals surface area contributed by atoms with Crippen molar-refractivity contribution in [3.8, 4) is 5.75 Å². The SMILES string of the molecule is CC(=O)Nc1ncc(S(=O)(=O)N2CCCC2COc2ccc(F)cc2)s1. The van der Waals surface area contributed by atoms with E-state index in [0.717, 1.165) is 17.8 Å². The first kappa shape index (κ1) is 18.7. The predicted octanol–water partition coefficient (Wildman–Crippen LogP) is 2.47. The molecule has 1 atom stereocenters. The number of benzene rings is 1. The van der Waals surface area contributed by atoms with Crippen molar-refractivity contribution in [1.29, 1.82) is 0 Å². The van der Waals surface area contributed by atoms with E-state index in [4.69, 9.17) is 4.74 Å². The third-order valence-electron chi connectivity index (χ3n) is 3.91. The summed E-state index contributed by atoms with van der Waals surface area (Å²) in [4.78, 5) is 15.0. The van der Waals surface area contributed by atoms with Gasteiger partial charge in [-0.3, -0.25) is 4.79 Å². The maximum Gasteiger partial charge on any atom is 0.254 e. The molecule has 0 saturated carbocycles. The summed E-state index contributed by atoms with van der Waals surface area (Å²) in [5, 5.41) is 2.73. The summed E-state index contributed by atoms with van der Waals surface area (Å²) >= 11 is 0.918. The molecule has 0 aliphatic carbocycles. The highest BCUT2D eigenvalue weighted by atomic mass is 32.2. The average molecular weight is 399 g/mol. The van der Waals surface area contributed by atoms with E-state index < -0.39 is 10.0 Å². The summed E-state index contributed by atoms with van der Waals surface area (Å²) < 4.78 is 45.8. The number of anilines is 1. The minimum absolute atomic E-state index is 0.0786. The molecule has 7 nitrogen and oxygen atoms in total. The molecule has 1 unspecified atom stereocenters. The van der Waals surface area contributed by atoms with Gasteiger partial charge in [0.15, 0.2) is 9.34 Å². The lowest BCUT2D eigenvalue weighted by Gasteiger charge is -2.23. The Kier molecular flexibility index (Phi) is 5.54. The maximum absolute atomic E-state index is 12.9. The lowest BCUT2D eigenvalue weighted by atomic mass is 10.2. The fraction of sp³-hybridized carbons (Fsp3) is 0.375. The van der Waals surface area contributed by atoms with E-state index in [1.165, 1.54) is 41.7 Å². The van der Waals surface area contributed by atoms with Crippen LogP contribution in [0.3, 0.4) is 0 Å². The summed E-state index contributed by atoms with van der Waals surface area (Å²) in [6, 6.07) is 5.29. The second kappa shape index (κ2) is 7.68. The molecule has 1 fully saturated rings. The lowest BCUT2D eigenvalue weighted by molar-refractivity contribution is -0.114. The van der Waals surface area contributed by atoms with Gasteiger partial charge in [-0.15, -0.1) is 0 Å². The van der Waals surface area contributed by atoms with Crippen LogP contribution in [0.25, 0.3) is 0 Å². The van der Waals surface area contributed by atoms with Crippen LogP contribution in [0, 0.1) is 5.82 Å². The number of amides is 1. The molecule has 140 valence electrons. The highest BCUT2D eigenvalue weighted by Crippen LogP contribution is 2.31. The zero-order chi connectivity index (χ0) is 18.7. The third kappa shape index (κ3) is 4.19. The van der Waals surface area contributed by atoms with E-state index in [1.807, 2.05) is 0 Å². The third-order valence-corrected chi connectivity index (χ3v) is 7.21. The molecule has 1 aromatic carbocycles. The highest BCUT2D eigenvalue weighted by Gasteiger charge is 2.37. The molecular formula is C16H18FN3O4S2. The molecule has 1 aliphatic rings. The second-order valence-electron chi connectivity index (χ2n) is 5.84. The lowest BCUT2D eigenvalue weighted by Crippen LogP contribution is -2.38. The van der Waals surface area contributed by atoms with E-state index in [2.05, 4.69) is 10.3 Å². The van der Waals surface area contributed by atoms with Gasteiger partial charge in [-0.1, -0.05) is 11.3 Å². The van der Waals surface area contributed by atoms with E-state index in [9.17, 15) is 17.6 Å². The molecule has 1 amide bonds. The first-order valence-electron chi connectivity index (χ1n) is 8.00. The number of nitrogens with zero attached hydrogens (tertiary/aromatic N) is 2. The smallest absolute Gasteiger partial charge is 0.254 e. The molecule has 2 heterocycles. The topological polar surface area (TPSA) is 88.6 Å². The summed E-state index contributed by atoms with van der Waals surface area (Å²) in [7, 11) is -3.72. The molecule has 0 bridgehead atoms. The molecule has 3 rings (SSSR count). The number of sulfonamides is 1. The first-order valence-corrected chi connectivity index (χ1v) is 10.3. The number of hydrogen-bond donors (Lipinski definition) is 1. The first-order chi connectivity index (χ1) is 12.4. The standard InChI is InChI=1S/C16H18FN3O4S2/c1-11(21)19-16-18-9-15(25-16)26(22,23)20-8-2-3-13(20)10-24-14-6-4-12(17)5-7-14/h4-7,9,13H,2-3,8,10H2,1H3,(H,18,19,21). The molecule has 10 heteroatoms. The van der Waals surface area contributed by atoms with Gasteiger partial charge in [0.1, 0.15) is 18.2 Å². The quantitative estimate of drug-likeness (QED) is 0.806.